The lowest BCUT2D eigenvalue weighted by molar-refractivity contribution is 0.0935. The highest BCUT2D eigenvalue weighted by molar-refractivity contribution is 5.94. The second-order valence-corrected chi connectivity index (χ2v) is 4.68. The molecule has 2 aromatic rings. The van der Waals surface area contributed by atoms with Crippen molar-refractivity contribution in [3.05, 3.63) is 70.8 Å². The quantitative estimate of drug-likeness (QED) is 0.907. The third-order valence-electron chi connectivity index (χ3n) is 3.15. The van der Waals surface area contributed by atoms with Gasteiger partial charge in [0.15, 0.2) is 0 Å². The molecule has 4 heteroatoms. The van der Waals surface area contributed by atoms with E-state index in [1.165, 1.54) is 18.2 Å². The van der Waals surface area contributed by atoms with Gasteiger partial charge in [0.05, 0.1) is 11.6 Å². The van der Waals surface area contributed by atoms with Crippen LogP contribution in [0.2, 0.25) is 0 Å². The Kier molecular flexibility index (Phi) is 4.13. The summed E-state index contributed by atoms with van der Waals surface area (Å²) in [5.74, 6) is -1.34. The Balaban J connectivity index is 2.15. The summed E-state index contributed by atoms with van der Waals surface area (Å²) >= 11 is 0. The number of hydrogen-bond donors (Lipinski definition) is 1. The summed E-state index contributed by atoms with van der Waals surface area (Å²) in [6, 6.07) is 10.2. The highest BCUT2D eigenvalue weighted by atomic mass is 19.1. The highest BCUT2D eigenvalue weighted by Gasteiger charge is 2.16. The van der Waals surface area contributed by atoms with Gasteiger partial charge in [-0.2, -0.15) is 0 Å². The van der Waals surface area contributed by atoms with E-state index in [0.717, 1.165) is 5.56 Å². The van der Waals surface area contributed by atoms with Crippen molar-refractivity contribution >= 4 is 5.91 Å². The molecule has 0 aliphatic carbocycles. The minimum atomic E-state index is -0.517. The lowest BCUT2D eigenvalue weighted by Crippen LogP contribution is -2.27. The number of carbonyl (C=O) groups excluding carboxylic acids is 1. The molecule has 1 amide bonds. The van der Waals surface area contributed by atoms with E-state index >= 15 is 0 Å². The summed E-state index contributed by atoms with van der Waals surface area (Å²) in [7, 11) is 0. The molecule has 0 aromatic heterocycles. The smallest absolute Gasteiger partial charge is 0.254 e. The van der Waals surface area contributed by atoms with Crippen molar-refractivity contribution in [2.24, 2.45) is 0 Å². The first-order chi connectivity index (χ1) is 9.49. The van der Waals surface area contributed by atoms with Crippen LogP contribution in [0.25, 0.3) is 0 Å². The Morgan fingerprint density at radius 2 is 1.75 bits per heavy atom. The van der Waals surface area contributed by atoms with Crippen molar-refractivity contribution in [3.63, 3.8) is 0 Å². The van der Waals surface area contributed by atoms with E-state index in [4.69, 9.17) is 0 Å². The average Bonchev–Trinajstić information content (AvgIpc) is 2.42. The molecule has 2 aromatic carbocycles. The topological polar surface area (TPSA) is 29.1 Å². The largest absolute Gasteiger partial charge is 0.345 e. The maximum atomic E-state index is 13.8. The minimum absolute atomic E-state index is 0.0129. The summed E-state index contributed by atoms with van der Waals surface area (Å²) in [4.78, 5) is 12.0. The van der Waals surface area contributed by atoms with Gasteiger partial charge in [0.25, 0.3) is 5.91 Å². The predicted octanol–water partition coefficient (Wildman–Crippen LogP) is 3.76. The van der Waals surface area contributed by atoms with Crippen LogP contribution >= 0.6 is 0 Å². The number of nitrogens with one attached hydrogen (secondary N) is 1. The standard InChI is InChI=1S/C16H15F2NO/c1-10-4-3-5-14(15(10)18)16(20)19-11(2)12-6-8-13(17)9-7-12/h3-9,11H,1-2H3,(H,19,20). The third-order valence-corrected chi connectivity index (χ3v) is 3.15. The van der Waals surface area contributed by atoms with Crippen LogP contribution in [0.3, 0.4) is 0 Å². The van der Waals surface area contributed by atoms with E-state index in [0.29, 0.717) is 5.56 Å². The zero-order valence-electron chi connectivity index (χ0n) is 11.3. The monoisotopic (exact) mass is 275 g/mol. The minimum Gasteiger partial charge on any atom is -0.345 e. The van der Waals surface area contributed by atoms with E-state index in [1.54, 1.807) is 38.1 Å². The molecule has 0 saturated heterocycles. The molecule has 0 aliphatic heterocycles. The maximum absolute atomic E-state index is 13.8. The molecule has 1 N–H and O–H groups in total. The lowest BCUT2D eigenvalue weighted by Gasteiger charge is -2.15. The number of amides is 1. The van der Waals surface area contributed by atoms with E-state index in [2.05, 4.69) is 5.32 Å². The molecular formula is C16H15F2NO. The molecule has 0 aliphatic rings. The Morgan fingerprint density at radius 1 is 1.10 bits per heavy atom. The predicted molar refractivity (Wildman–Crippen MR) is 73.4 cm³/mol. The van der Waals surface area contributed by atoms with Crippen molar-refractivity contribution < 1.29 is 13.6 Å². The first-order valence-corrected chi connectivity index (χ1v) is 6.30. The van der Waals surface area contributed by atoms with Gasteiger partial charge in [0, 0.05) is 0 Å². The number of hydrogen-bond acceptors (Lipinski definition) is 1. The van der Waals surface area contributed by atoms with Gasteiger partial charge in [-0.15, -0.1) is 0 Å². The summed E-state index contributed by atoms with van der Waals surface area (Å²) in [5, 5.41) is 2.70. The SMILES string of the molecule is Cc1cccc(C(=O)NC(C)c2ccc(F)cc2)c1F. The summed E-state index contributed by atoms with van der Waals surface area (Å²) in [6.07, 6.45) is 0. The summed E-state index contributed by atoms with van der Waals surface area (Å²) in [5.41, 5.74) is 1.19. The molecule has 2 nitrogen and oxygen atoms in total. The van der Waals surface area contributed by atoms with Crippen LogP contribution in [-0.4, -0.2) is 5.91 Å². The van der Waals surface area contributed by atoms with Crippen molar-refractivity contribution in [1.82, 2.24) is 5.32 Å². The molecule has 0 heterocycles. The Morgan fingerprint density at radius 3 is 2.40 bits per heavy atom. The van der Waals surface area contributed by atoms with Crippen LogP contribution in [-0.2, 0) is 0 Å². The first kappa shape index (κ1) is 14.2. The fourth-order valence-corrected chi connectivity index (χ4v) is 1.93. The molecule has 2 rings (SSSR count). The van der Waals surface area contributed by atoms with Gasteiger partial charge in [-0.1, -0.05) is 24.3 Å². The van der Waals surface area contributed by atoms with Gasteiger partial charge < -0.3 is 5.32 Å². The van der Waals surface area contributed by atoms with Gasteiger partial charge in [-0.25, -0.2) is 8.78 Å². The maximum Gasteiger partial charge on any atom is 0.254 e. The Labute approximate surface area is 116 Å². The van der Waals surface area contributed by atoms with Crippen molar-refractivity contribution in [1.29, 1.82) is 0 Å². The number of halogens is 2. The first-order valence-electron chi connectivity index (χ1n) is 6.30. The molecule has 1 atom stereocenters. The Hall–Kier alpha value is -2.23. The Bertz CT molecular complexity index is 623. The summed E-state index contributed by atoms with van der Waals surface area (Å²) in [6.45, 7) is 3.37. The molecular weight excluding hydrogens is 260 g/mol. The van der Waals surface area contributed by atoms with Crippen LogP contribution < -0.4 is 5.32 Å². The number of carbonyl (C=O) groups is 1. The van der Waals surface area contributed by atoms with Gasteiger partial charge in [-0.3, -0.25) is 4.79 Å². The highest BCUT2D eigenvalue weighted by Crippen LogP contribution is 2.16. The lowest BCUT2D eigenvalue weighted by atomic mass is 10.1. The number of benzene rings is 2. The summed E-state index contributed by atoms with van der Waals surface area (Å²) < 4.78 is 26.7. The molecule has 0 spiro atoms. The van der Waals surface area contributed by atoms with Crippen molar-refractivity contribution in [3.8, 4) is 0 Å². The molecule has 0 radical (unpaired) electrons. The molecule has 104 valence electrons. The molecule has 0 fully saturated rings. The van der Waals surface area contributed by atoms with Crippen LogP contribution in [0, 0.1) is 18.6 Å². The second-order valence-electron chi connectivity index (χ2n) is 4.68. The van der Waals surface area contributed by atoms with Gasteiger partial charge >= 0.3 is 0 Å². The van der Waals surface area contributed by atoms with Crippen LogP contribution in [0.1, 0.15) is 34.5 Å². The normalized spacial score (nSPS) is 12.0. The van der Waals surface area contributed by atoms with Gasteiger partial charge in [0.2, 0.25) is 0 Å². The zero-order chi connectivity index (χ0) is 14.7. The molecule has 20 heavy (non-hydrogen) atoms. The molecule has 1 unspecified atom stereocenters. The van der Waals surface area contributed by atoms with Crippen LogP contribution in [0.5, 0.6) is 0 Å². The average molecular weight is 275 g/mol. The van der Waals surface area contributed by atoms with Gasteiger partial charge in [0.1, 0.15) is 11.6 Å². The second kappa shape index (κ2) is 5.82. The van der Waals surface area contributed by atoms with E-state index in [1.807, 2.05) is 0 Å². The fourth-order valence-electron chi connectivity index (χ4n) is 1.93. The van der Waals surface area contributed by atoms with E-state index in [-0.39, 0.29) is 17.4 Å². The number of rotatable bonds is 3. The number of aryl methyl sites for hydroxylation is 1. The fraction of sp³-hybridized carbons (Fsp3) is 0.188. The third kappa shape index (κ3) is 3.02. The molecule has 0 bridgehead atoms. The zero-order valence-corrected chi connectivity index (χ0v) is 11.3. The van der Waals surface area contributed by atoms with Gasteiger partial charge in [-0.05, 0) is 43.2 Å². The van der Waals surface area contributed by atoms with Crippen LogP contribution in [0.15, 0.2) is 42.5 Å². The van der Waals surface area contributed by atoms with E-state index < -0.39 is 11.7 Å². The van der Waals surface area contributed by atoms with E-state index in [9.17, 15) is 13.6 Å². The van der Waals surface area contributed by atoms with Crippen molar-refractivity contribution in [2.75, 3.05) is 0 Å². The molecule has 0 saturated carbocycles. The van der Waals surface area contributed by atoms with Crippen molar-refractivity contribution in [2.45, 2.75) is 19.9 Å². The van der Waals surface area contributed by atoms with Crippen LogP contribution in [0.4, 0.5) is 8.78 Å².